The molecule has 23 heavy (non-hydrogen) atoms. The molecule has 0 N–H and O–H groups in total. The quantitative estimate of drug-likeness (QED) is 0.722. The first-order chi connectivity index (χ1) is 10.5. The minimum Gasteiger partial charge on any atom is -0.302 e. The van der Waals surface area contributed by atoms with Gasteiger partial charge in [-0.25, -0.2) is 0 Å². The molecular weight excluding hydrogens is 280 g/mol. The van der Waals surface area contributed by atoms with Crippen molar-refractivity contribution in [3.63, 3.8) is 0 Å². The van der Waals surface area contributed by atoms with Crippen molar-refractivity contribution in [2.75, 3.05) is 19.6 Å². The molecule has 3 rings (SSSR count). The van der Waals surface area contributed by atoms with E-state index in [1.165, 1.54) is 51.7 Å². The van der Waals surface area contributed by atoms with E-state index in [-0.39, 0.29) is 5.54 Å². The maximum absolute atomic E-state index is 2.84. The highest BCUT2D eigenvalue weighted by atomic mass is 15.3. The van der Waals surface area contributed by atoms with Crippen molar-refractivity contribution < 1.29 is 0 Å². The van der Waals surface area contributed by atoms with Crippen LogP contribution in [0.2, 0.25) is 0 Å². The van der Waals surface area contributed by atoms with Gasteiger partial charge in [-0.15, -0.1) is 0 Å². The molecule has 2 aliphatic heterocycles. The van der Waals surface area contributed by atoms with Gasteiger partial charge in [0.05, 0.1) is 0 Å². The molecule has 1 saturated carbocycles. The van der Waals surface area contributed by atoms with Crippen LogP contribution in [0.25, 0.3) is 0 Å². The van der Waals surface area contributed by atoms with Gasteiger partial charge in [-0.1, -0.05) is 33.6 Å². The number of nitrogens with zero attached hydrogens (tertiary/aromatic N) is 2. The Balaban J connectivity index is 1.64. The third-order valence-corrected chi connectivity index (χ3v) is 7.03. The topological polar surface area (TPSA) is 6.48 Å². The zero-order valence-corrected chi connectivity index (χ0v) is 16.8. The second kappa shape index (κ2) is 5.73. The van der Waals surface area contributed by atoms with Crippen LogP contribution in [0.3, 0.4) is 0 Å². The molecule has 0 unspecified atom stereocenters. The van der Waals surface area contributed by atoms with E-state index in [0.29, 0.717) is 17.5 Å². The van der Waals surface area contributed by atoms with E-state index in [9.17, 15) is 0 Å². The highest BCUT2D eigenvalue weighted by molar-refractivity contribution is 5.04. The first kappa shape index (κ1) is 17.7. The van der Waals surface area contributed by atoms with Crippen molar-refractivity contribution in [3.8, 4) is 0 Å². The molecule has 3 fully saturated rings. The lowest BCUT2D eigenvalue weighted by Gasteiger charge is -2.50. The number of hydrogen-bond donors (Lipinski definition) is 0. The summed E-state index contributed by atoms with van der Waals surface area (Å²) in [6.45, 7) is 21.1. The van der Waals surface area contributed by atoms with E-state index >= 15 is 0 Å². The average Bonchev–Trinajstić information content (AvgIpc) is 2.93. The molecule has 0 bridgehead atoms. The fourth-order valence-corrected chi connectivity index (χ4v) is 5.99. The molecular formula is C21H40N2. The molecule has 1 spiro atoms. The van der Waals surface area contributed by atoms with E-state index in [4.69, 9.17) is 0 Å². The molecule has 2 saturated heterocycles. The predicted molar refractivity (Wildman–Crippen MR) is 99.7 cm³/mol. The predicted octanol–water partition coefficient (Wildman–Crippen LogP) is 4.79. The summed E-state index contributed by atoms with van der Waals surface area (Å²) in [5, 5.41) is 0. The molecule has 2 nitrogen and oxygen atoms in total. The highest BCUT2D eigenvalue weighted by Gasteiger charge is 2.50. The summed E-state index contributed by atoms with van der Waals surface area (Å²) < 4.78 is 0. The van der Waals surface area contributed by atoms with Crippen molar-refractivity contribution in [2.45, 2.75) is 98.2 Å². The van der Waals surface area contributed by atoms with Crippen molar-refractivity contribution in [1.29, 1.82) is 0 Å². The van der Waals surface area contributed by atoms with Gasteiger partial charge >= 0.3 is 0 Å². The molecule has 2 heteroatoms. The van der Waals surface area contributed by atoms with Crippen molar-refractivity contribution in [3.05, 3.63) is 0 Å². The zero-order valence-electron chi connectivity index (χ0n) is 16.8. The van der Waals surface area contributed by atoms with Gasteiger partial charge in [0.2, 0.25) is 0 Å². The third-order valence-electron chi connectivity index (χ3n) is 7.03. The van der Waals surface area contributed by atoms with E-state index < -0.39 is 0 Å². The summed E-state index contributed by atoms with van der Waals surface area (Å²) in [6, 6.07) is 1.42. The Labute approximate surface area is 145 Å². The number of hydrogen-bond acceptors (Lipinski definition) is 2. The normalized spacial score (nSPS) is 35.9. The molecule has 3 aliphatic rings. The van der Waals surface area contributed by atoms with E-state index in [0.717, 1.165) is 11.3 Å². The second-order valence-corrected chi connectivity index (χ2v) is 11.1. The lowest BCUT2D eigenvalue weighted by atomic mass is 9.77. The Kier molecular flexibility index (Phi) is 4.42. The van der Waals surface area contributed by atoms with Gasteiger partial charge in [0, 0.05) is 37.3 Å². The smallest absolute Gasteiger partial charge is 0.0156 e. The van der Waals surface area contributed by atoms with E-state index in [1.54, 1.807) is 0 Å². The Bertz CT molecular complexity index is 414. The van der Waals surface area contributed by atoms with E-state index in [1.807, 2.05) is 0 Å². The Hall–Kier alpha value is -0.0800. The summed E-state index contributed by atoms with van der Waals surface area (Å²) in [4.78, 5) is 5.61. The van der Waals surface area contributed by atoms with Crippen LogP contribution in [-0.2, 0) is 0 Å². The van der Waals surface area contributed by atoms with Gasteiger partial charge in [-0.2, -0.15) is 0 Å². The summed E-state index contributed by atoms with van der Waals surface area (Å²) >= 11 is 0. The standard InChI is InChI=1S/C21H40N2/c1-16-17(13-22-14-21(15-22)10-8-9-11-21)12-18(19(2,3)4)23(16)20(5,6)7/h16-18H,8-15H2,1-7H3/t16-,17-,18+/m1/s1. The summed E-state index contributed by atoms with van der Waals surface area (Å²) in [6.07, 6.45) is 7.35. The van der Waals surface area contributed by atoms with Crippen LogP contribution in [-0.4, -0.2) is 47.1 Å². The van der Waals surface area contributed by atoms with Crippen LogP contribution in [0.1, 0.15) is 80.6 Å². The largest absolute Gasteiger partial charge is 0.302 e. The van der Waals surface area contributed by atoms with Crippen molar-refractivity contribution in [1.82, 2.24) is 9.80 Å². The fourth-order valence-electron chi connectivity index (χ4n) is 5.99. The molecule has 2 heterocycles. The first-order valence-electron chi connectivity index (χ1n) is 10.0. The molecule has 0 aromatic rings. The molecule has 1 aliphatic carbocycles. The van der Waals surface area contributed by atoms with Gasteiger partial charge in [-0.05, 0) is 63.7 Å². The Morgan fingerprint density at radius 1 is 0.957 bits per heavy atom. The van der Waals surface area contributed by atoms with Gasteiger partial charge in [0.25, 0.3) is 0 Å². The number of rotatable bonds is 2. The van der Waals surface area contributed by atoms with Crippen LogP contribution in [0.15, 0.2) is 0 Å². The van der Waals surface area contributed by atoms with E-state index in [2.05, 4.69) is 58.3 Å². The van der Waals surface area contributed by atoms with Crippen LogP contribution < -0.4 is 0 Å². The third kappa shape index (κ3) is 3.35. The Morgan fingerprint density at radius 2 is 1.52 bits per heavy atom. The first-order valence-corrected chi connectivity index (χ1v) is 10.0. The van der Waals surface area contributed by atoms with Gasteiger partial charge in [0.15, 0.2) is 0 Å². The second-order valence-electron chi connectivity index (χ2n) is 11.1. The van der Waals surface area contributed by atoms with Gasteiger partial charge < -0.3 is 4.90 Å². The maximum Gasteiger partial charge on any atom is 0.0156 e. The summed E-state index contributed by atoms with van der Waals surface area (Å²) in [5.41, 5.74) is 1.39. The molecule has 0 amide bonds. The van der Waals surface area contributed by atoms with Crippen LogP contribution >= 0.6 is 0 Å². The van der Waals surface area contributed by atoms with Crippen LogP contribution in [0.5, 0.6) is 0 Å². The fraction of sp³-hybridized carbons (Fsp3) is 1.00. The molecule has 0 radical (unpaired) electrons. The van der Waals surface area contributed by atoms with Crippen LogP contribution in [0, 0.1) is 16.7 Å². The maximum atomic E-state index is 2.84. The minimum atomic E-state index is 0.272. The Morgan fingerprint density at radius 3 is 1.96 bits per heavy atom. The molecule has 3 atom stereocenters. The zero-order chi connectivity index (χ0) is 17.0. The molecule has 0 aromatic heterocycles. The highest BCUT2D eigenvalue weighted by Crippen LogP contribution is 2.48. The average molecular weight is 321 g/mol. The van der Waals surface area contributed by atoms with Crippen molar-refractivity contribution >= 4 is 0 Å². The SMILES string of the molecule is C[C@@H]1[C@@H](CN2CC3(CCCC3)C2)C[C@@H](C(C)(C)C)N1C(C)(C)C. The number of likely N-dealkylation sites (tertiary alicyclic amines) is 2. The summed E-state index contributed by atoms with van der Waals surface area (Å²) in [7, 11) is 0. The summed E-state index contributed by atoms with van der Waals surface area (Å²) in [5.74, 6) is 0.845. The monoisotopic (exact) mass is 320 g/mol. The minimum absolute atomic E-state index is 0.272. The van der Waals surface area contributed by atoms with Crippen molar-refractivity contribution in [2.24, 2.45) is 16.7 Å². The van der Waals surface area contributed by atoms with Crippen LogP contribution in [0.4, 0.5) is 0 Å². The van der Waals surface area contributed by atoms with Gasteiger partial charge in [-0.3, -0.25) is 4.90 Å². The molecule has 0 aromatic carbocycles. The van der Waals surface area contributed by atoms with Gasteiger partial charge in [0.1, 0.15) is 0 Å². The lowest BCUT2D eigenvalue weighted by Crippen LogP contribution is -2.57. The lowest BCUT2D eigenvalue weighted by molar-refractivity contribution is -0.0124. The molecule has 134 valence electrons.